The molecule has 1 heterocycles. The number of thioether (sulfide) groups is 1. The summed E-state index contributed by atoms with van der Waals surface area (Å²) in [7, 11) is 0. The first-order valence-corrected chi connectivity index (χ1v) is 7.57. The number of hydrogen-bond acceptors (Lipinski definition) is 5. The summed E-state index contributed by atoms with van der Waals surface area (Å²) in [5.41, 5.74) is 3.36. The number of fused-ring (bicyclic) bond motifs is 1. The van der Waals surface area contributed by atoms with Gasteiger partial charge in [-0.05, 0) is 42.7 Å². The molecule has 4 nitrogen and oxygen atoms in total. The molecule has 0 saturated carbocycles. The molecular weight excluding hydrogens is 276 g/mol. The predicted octanol–water partition coefficient (Wildman–Crippen LogP) is 2.00. The molecule has 0 radical (unpaired) electrons. The number of aryl methyl sites for hydroxylation is 2. The van der Waals surface area contributed by atoms with Gasteiger partial charge >= 0.3 is 5.63 Å². The third-order valence-electron chi connectivity index (χ3n) is 3.22. The fourth-order valence-corrected chi connectivity index (χ4v) is 2.91. The van der Waals surface area contributed by atoms with Crippen LogP contribution in [0.15, 0.2) is 27.4 Å². The summed E-state index contributed by atoms with van der Waals surface area (Å²) in [5.74, 6) is 1.03. The second kappa shape index (κ2) is 6.43. The predicted molar refractivity (Wildman–Crippen MR) is 81.2 cm³/mol. The van der Waals surface area contributed by atoms with E-state index < -0.39 is 6.10 Å². The first-order chi connectivity index (χ1) is 9.51. The van der Waals surface area contributed by atoms with Gasteiger partial charge in [0.25, 0.3) is 0 Å². The fraction of sp³-hybridized carbons (Fsp3) is 0.400. The van der Waals surface area contributed by atoms with E-state index in [1.165, 1.54) is 17.8 Å². The van der Waals surface area contributed by atoms with Crippen LogP contribution in [0.1, 0.15) is 16.7 Å². The Morgan fingerprint density at radius 2 is 1.95 bits per heavy atom. The van der Waals surface area contributed by atoms with Crippen molar-refractivity contribution in [1.29, 1.82) is 0 Å². The van der Waals surface area contributed by atoms with Crippen LogP contribution in [0.5, 0.6) is 0 Å². The highest BCUT2D eigenvalue weighted by molar-refractivity contribution is 7.98. The quantitative estimate of drug-likeness (QED) is 0.825. The van der Waals surface area contributed by atoms with Gasteiger partial charge in [0.15, 0.2) is 0 Å². The van der Waals surface area contributed by atoms with E-state index in [9.17, 15) is 9.90 Å². The van der Waals surface area contributed by atoms with Gasteiger partial charge in [0.1, 0.15) is 5.58 Å². The maximum atomic E-state index is 11.6. The molecular formula is C15H18O4S. The monoisotopic (exact) mass is 294 g/mol. The van der Waals surface area contributed by atoms with Crippen LogP contribution in [0.4, 0.5) is 0 Å². The lowest BCUT2D eigenvalue weighted by atomic mass is 10.0. The van der Waals surface area contributed by atoms with Gasteiger partial charge in [0.05, 0.1) is 12.7 Å². The van der Waals surface area contributed by atoms with Crippen molar-refractivity contribution in [3.63, 3.8) is 0 Å². The van der Waals surface area contributed by atoms with E-state index in [0.29, 0.717) is 17.1 Å². The Morgan fingerprint density at radius 1 is 1.25 bits per heavy atom. The van der Waals surface area contributed by atoms with Crippen molar-refractivity contribution < 1.29 is 14.6 Å². The van der Waals surface area contributed by atoms with Crippen LogP contribution in [0, 0.1) is 13.8 Å². The molecule has 5 heteroatoms. The Balaban J connectivity index is 2.32. The molecule has 0 bridgehead atoms. The van der Waals surface area contributed by atoms with Gasteiger partial charge in [-0.1, -0.05) is 0 Å². The molecule has 1 aromatic carbocycles. The molecule has 1 atom stereocenters. The number of aliphatic hydroxyl groups is 2. The zero-order valence-electron chi connectivity index (χ0n) is 11.5. The number of aliphatic hydroxyl groups excluding tert-OH is 2. The average Bonchev–Trinajstić information content (AvgIpc) is 2.40. The largest absolute Gasteiger partial charge is 0.423 e. The normalized spacial score (nSPS) is 12.8. The van der Waals surface area contributed by atoms with Crippen molar-refractivity contribution in [2.24, 2.45) is 0 Å². The van der Waals surface area contributed by atoms with E-state index in [4.69, 9.17) is 9.52 Å². The highest BCUT2D eigenvalue weighted by atomic mass is 32.2. The van der Waals surface area contributed by atoms with Crippen LogP contribution >= 0.6 is 11.8 Å². The molecule has 1 aromatic heterocycles. The molecule has 0 unspecified atom stereocenters. The van der Waals surface area contributed by atoms with Crippen LogP contribution in [0.2, 0.25) is 0 Å². The molecule has 2 aromatic rings. The van der Waals surface area contributed by atoms with E-state index in [2.05, 4.69) is 0 Å². The number of benzene rings is 1. The lowest BCUT2D eigenvalue weighted by Crippen LogP contribution is -2.14. The smallest absolute Gasteiger partial charge is 0.336 e. The maximum Gasteiger partial charge on any atom is 0.336 e. The summed E-state index contributed by atoms with van der Waals surface area (Å²) in [6.45, 7) is 3.75. The summed E-state index contributed by atoms with van der Waals surface area (Å²) in [5, 5.41) is 19.0. The van der Waals surface area contributed by atoms with E-state index in [1.54, 1.807) is 0 Å². The molecule has 108 valence electrons. The zero-order valence-corrected chi connectivity index (χ0v) is 12.4. The molecule has 0 fully saturated rings. The van der Waals surface area contributed by atoms with Gasteiger partial charge in [0.2, 0.25) is 0 Å². The van der Waals surface area contributed by atoms with Crippen LogP contribution in [-0.4, -0.2) is 28.7 Å². The second-order valence-corrected chi connectivity index (χ2v) is 5.91. The van der Waals surface area contributed by atoms with Crippen molar-refractivity contribution in [2.45, 2.75) is 25.7 Å². The minimum absolute atomic E-state index is 0.247. The topological polar surface area (TPSA) is 70.7 Å². The van der Waals surface area contributed by atoms with E-state index in [-0.39, 0.29) is 12.2 Å². The lowest BCUT2D eigenvalue weighted by molar-refractivity contribution is 0.113. The first kappa shape index (κ1) is 15.1. The third-order valence-corrected chi connectivity index (χ3v) is 4.36. The molecule has 2 rings (SSSR count). The molecule has 0 amide bonds. The standard InChI is InChI=1S/C15H18O4S/c1-9-3-13-11(7-20-8-12(17)6-16)5-15(18)19-14(13)4-10(9)2/h3-5,12,16-17H,6-8H2,1-2H3/t12-/m0/s1. The van der Waals surface area contributed by atoms with Gasteiger partial charge in [-0.15, -0.1) is 0 Å². The van der Waals surface area contributed by atoms with Gasteiger partial charge in [-0.2, -0.15) is 11.8 Å². The van der Waals surface area contributed by atoms with Gasteiger partial charge in [-0.25, -0.2) is 4.79 Å². The Morgan fingerprint density at radius 3 is 2.65 bits per heavy atom. The highest BCUT2D eigenvalue weighted by Gasteiger charge is 2.09. The molecule has 2 N–H and O–H groups in total. The highest BCUT2D eigenvalue weighted by Crippen LogP contribution is 2.24. The van der Waals surface area contributed by atoms with Crippen molar-refractivity contribution >= 4 is 22.7 Å². The molecule has 0 aliphatic heterocycles. The van der Waals surface area contributed by atoms with Crippen LogP contribution in [0.3, 0.4) is 0 Å². The summed E-state index contributed by atoms with van der Waals surface area (Å²) in [6, 6.07) is 5.39. The summed E-state index contributed by atoms with van der Waals surface area (Å²) in [4.78, 5) is 11.6. The molecule has 0 aliphatic carbocycles. The van der Waals surface area contributed by atoms with Gasteiger partial charge in [0, 0.05) is 23.0 Å². The average molecular weight is 294 g/mol. The number of rotatable bonds is 5. The van der Waals surface area contributed by atoms with E-state index >= 15 is 0 Å². The summed E-state index contributed by atoms with van der Waals surface area (Å²) < 4.78 is 5.23. The zero-order chi connectivity index (χ0) is 14.7. The van der Waals surface area contributed by atoms with Gasteiger partial charge < -0.3 is 14.6 Å². The first-order valence-electron chi connectivity index (χ1n) is 6.42. The maximum absolute atomic E-state index is 11.6. The van der Waals surface area contributed by atoms with Crippen molar-refractivity contribution in [3.05, 3.63) is 45.3 Å². The summed E-state index contributed by atoms with van der Waals surface area (Å²) in [6.07, 6.45) is -0.727. The van der Waals surface area contributed by atoms with Crippen LogP contribution in [-0.2, 0) is 5.75 Å². The van der Waals surface area contributed by atoms with E-state index in [1.807, 2.05) is 26.0 Å². The molecule has 0 aliphatic rings. The molecule has 20 heavy (non-hydrogen) atoms. The Labute approximate surface area is 121 Å². The van der Waals surface area contributed by atoms with Crippen molar-refractivity contribution in [3.8, 4) is 0 Å². The Kier molecular flexibility index (Phi) is 4.86. The fourth-order valence-electron chi connectivity index (χ4n) is 1.96. The SMILES string of the molecule is Cc1cc2oc(=O)cc(CSC[C@@H](O)CO)c2cc1C. The number of hydrogen-bond donors (Lipinski definition) is 2. The van der Waals surface area contributed by atoms with Crippen molar-refractivity contribution in [1.82, 2.24) is 0 Å². The Hall–Kier alpha value is -1.30. The van der Waals surface area contributed by atoms with Crippen molar-refractivity contribution in [2.75, 3.05) is 12.4 Å². The lowest BCUT2D eigenvalue weighted by Gasteiger charge is -2.09. The minimum Gasteiger partial charge on any atom is -0.423 e. The van der Waals surface area contributed by atoms with Crippen LogP contribution in [0.25, 0.3) is 11.0 Å². The molecule has 0 saturated heterocycles. The minimum atomic E-state index is -0.727. The third kappa shape index (κ3) is 3.42. The molecule has 0 spiro atoms. The Bertz CT molecular complexity index is 663. The second-order valence-electron chi connectivity index (χ2n) is 4.87. The van der Waals surface area contributed by atoms with Gasteiger partial charge in [-0.3, -0.25) is 0 Å². The van der Waals surface area contributed by atoms with Crippen LogP contribution < -0.4 is 5.63 Å². The summed E-state index contributed by atoms with van der Waals surface area (Å²) >= 11 is 1.48. The van der Waals surface area contributed by atoms with E-state index in [0.717, 1.165) is 22.1 Å².